The Balaban J connectivity index is 2.01. The zero-order chi connectivity index (χ0) is 13.7. The Hall–Kier alpha value is -1.19. The highest BCUT2D eigenvalue weighted by Gasteiger charge is 2.06. The Bertz CT molecular complexity index is 567. The molecule has 0 aromatic heterocycles. The fourth-order valence-electron chi connectivity index (χ4n) is 2.11. The molecule has 0 aliphatic rings. The van der Waals surface area contributed by atoms with Crippen molar-refractivity contribution in [1.29, 1.82) is 0 Å². The predicted molar refractivity (Wildman–Crippen MR) is 82.7 cm³/mol. The normalized spacial score (nSPS) is 14.4. The molecule has 2 N–H and O–H groups in total. The predicted octanol–water partition coefficient (Wildman–Crippen LogP) is 3.46. The highest BCUT2D eigenvalue weighted by Crippen LogP contribution is 2.18. The molecule has 2 atom stereocenters. The van der Waals surface area contributed by atoms with E-state index in [0.717, 1.165) is 29.5 Å². The maximum absolute atomic E-state index is 12.2. The van der Waals surface area contributed by atoms with Crippen LogP contribution in [0.25, 0.3) is 10.8 Å². The van der Waals surface area contributed by atoms with E-state index in [1.165, 1.54) is 5.39 Å². The van der Waals surface area contributed by atoms with Crippen LogP contribution < -0.4 is 5.73 Å². The Morgan fingerprint density at radius 2 is 1.89 bits per heavy atom. The van der Waals surface area contributed by atoms with E-state index in [9.17, 15) is 4.21 Å². The SMILES string of the molecule is CCC(N)CCCS(=O)c1ccc2ccccc2c1. The highest BCUT2D eigenvalue weighted by molar-refractivity contribution is 7.85. The molecule has 0 amide bonds. The van der Waals surface area contributed by atoms with E-state index in [1.54, 1.807) is 0 Å². The quantitative estimate of drug-likeness (QED) is 0.877. The molecule has 2 unspecified atom stereocenters. The number of nitrogens with two attached hydrogens (primary N) is 1. The molecule has 2 nitrogen and oxygen atoms in total. The Kier molecular flexibility index (Phi) is 5.11. The largest absolute Gasteiger partial charge is 0.328 e. The molecule has 0 aliphatic heterocycles. The summed E-state index contributed by atoms with van der Waals surface area (Å²) in [7, 11) is -0.913. The van der Waals surface area contributed by atoms with Gasteiger partial charge < -0.3 is 5.73 Å². The first kappa shape index (κ1) is 14.2. The smallest absolute Gasteiger partial charge is 0.0529 e. The Labute approximate surface area is 117 Å². The molecule has 0 bridgehead atoms. The van der Waals surface area contributed by atoms with Crippen LogP contribution in [0.3, 0.4) is 0 Å². The molecule has 3 heteroatoms. The molecule has 2 rings (SSSR count). The lowest BCUT2D eigenvalue weighted by Gasteiger charge is -2.08. The summed E-state index contributed by atoms with van der Waals surface area (Å²) in [5, 5.41) is 2.34. The van der Waals surface area contributed by atoms with Crippen molar-refractivity contribution in [2.24, 2.45) is 5.73 Å². The molecule has 0 heterocycles. The Morgan fingerprint density at radius 3 is 2.63 bits per heavy atom. The van der Waals surface area contributed by atoms with Crippen LogP contribution >= 0.6 is 0 Å². The lowest BCUT2D eigenvalue weighted by molar-refractivity contribution is 0.586. The van der Waals surface area contributed by atoms with Crippen molar-refractivity contribution in [1.82, 2.24) is 0 Å². The second kappa shape index (κ2) is 6.83. The van der Waals surface area contributed by atoms with E-state index in [-0.39, 0.29) is 6.04 Å². The molecule has 0 saturated carbocycles. The number of fused-ring (bicyclic) bond motifs is 1. The zero-order valence-electron chi connectivity index (χ0n) is 11.3. The van der Waals surface area contributed by atoms with E-state index >= 15 is 0 Å². The van der Waals surface area contributed by atoms with Gasteiger partial charge in [0, 0.05) is 16.7 Å². The summed E-state index contributed by atoms with van der Waals surface area (Å²) in [6.45, 7) is 2.09. The van der Waals surface area contributed by atoms with E-state index in [2.05, 4.69) is 19.1 Å². The van der Waals surface area contributed by atoms with Gasteiger partial charge in [-0.2, -0.15) is 0 Å². The average molecular weight is 275 g/mol. The fraction of sp³-hybridized carbons (Fsp3) is 0.375. The first-order valence-corrected chi connectivity index (χ1v) is 8.15. The van der Waals surface area contributed by atoms with Crippen LogP contribution in [-0.2, 0) is 10.8 Å². The summed E-state index contributed by atoms with van der Waals surface area (Å²) in [5.74, 6) is 0.700. The number of rotatable bonds is 6. The molecule has 2 aromatic carbocycles. The van der Waals surface area contributed by atoms with Crippen molar-refractivity contribution in [2.75, 3.05) is 5.75 Å². The number of hydrogen-bond acceptors (Lipinski definition) is 2. The number of benzene rings is 2. The van der Waals surface area contributed by atoms with Crippen LogP contribution in [-0.4, -0.2) is 16.0 Å². The van der Waals surface area contributed by atoms with Crippen molar-refractivity contribution in [3.05, 3.63) is 42.5 Å². The summed E-state index contributed by atoms with van der Waals surface area (Å²) in [4.78, 5) is 0.920. The standard InChI is InChI=1S/C16H21NOS/c1-2-15(17)8-5-11-19(18)16-10-9-13-6-3-4-7-14(13)12-16/h3-4,6-7,9-10,12,15H,2,5,8,11,17H2,1H3. The van der Waals surface area contributed by atoms with E-state index in [4.69, 9.17) is 5.73 Å². The summed E-state index contributed by atoms with van der Waals surface area (Å²) in [6, 6.07) is 14.4. The van der Waals surface area contributed by atoms with Gasteiger partial charge in [-0.25, -0.2) is 0 Å². The van der Waals surface area contributed by atoms with Crippen LogP contribution in [0.15, 0.2) is 47.4 Å². The average Bonchev–Trinajstić information content (AvgIpc) is 2.46. The second-order valence-corrected chi connectivity index (χ2v) is 6.44. The minimum Gasteiger partial charge on any atom is -0.328 e. The molecule has 2 aromatic rings. The monoisotopic (exact) mass is 275 g/mol. The third-order valence-corrected chi connectivity index (χ3v) is 4.85. The maximum atomic E-state index is 12.2. The van der Waals surface area contributed by atoms with Crippen molar-refractivity contribution < 1.29 is 4.21 Å². The summed E-state index contributed by atoms with van der Waals surface area (Å²) in [6.07, 6.45) is 2.87. The Morgan fingerprint density at radius 1 is 1.16 bits per heavy atom. The van der Waals surface area contributed by atoms with Gasteiger partial charge in [-0.15, -0.1) is 0 Å². The summed E-state index contributed by atoms with van der Waals surface area (Å²) >= 11 is 0. The van der Waals surface area contributed by atoms with Gasteiger partial charge in [0.05, 0.1) is 10.8 Å². The minimum atomic E-state index is -0.913. The highest BCUT2D eigenvalue weighted by atomic mass is 32.2. The second-order valence-electron chi connectivity index (χ2n) is 4.87. The molecule has 0 spiro atoms. The lowest BCUT2D eigenvalue weighted by Crippen LogP contribution is -2.19. The molecule has 0 saturated heterocycles. The summed E-state index contributed by atoms with van der Waals surface area (Å²) in [5.41, 5.74) is 5.87. The van der Waals surface area contributed by atoms with Gasteiger partial charge in [-0.05, 0) is 42.2 Å². The first-order valence-electron chi connectivity index (χ1n) is 6.83. The van der Waals surface area contributed by atoms with Crippen LogP contribution in [0, 0.1) is 0 Å². The van der Waals surface area contributed by atoms with Crippen LogP contribution in [0.5, 0.6) is 0 Å². The van der Waals surface area contributed by atoms with Gasteiger partial charge in [0.15, 0.2) is 0 Å². The van der Waals surface area contributed by atoms with Crippen molar-refractivity contribution in [3.8, 4) is 0 Å². The van der Waals surface area contributed by atoms with Crippen LogP contribution in [0.1, 0.15) is 26.2 Å². The fourth-order valence-corrected chi connectivity index (χ4v) is 3.25. The van der Waals surface area contributed by atoms with E-state index < -0.39 is 10.8 Å². The topological polar surface area (TPSA) is 43.1 Å². The van der Waals surface area contributed by atoms with Gasteiger partial charge in [0.1, 0.15) is 0 Å². The van der Waals surface area contributed by atoms with Crippen LogP contribution in [0.4, 0.5) is 0 Å². The van der Waals surface area contributed by atoms with Gasteiger partial charge in [0.2, 0.25) is 0 Å². The van der Waals surface area contributed by atoms with Gasteiger partial charge in [-0.1, -0.05) is 37.3 Å². The molecule has 102 valence electrons. The molecular formula is C16H21NOS. The minimum absolute atomic E-state index is 0.244. The maximum Gasteiger partial charge on any atom is 0.0529 e. The molecule has 19 heavy (non-hydrogen) atoms. The number of hydrogen-bond donors (Lipinski definition) is 1. The summed E-state index contributed by atoms with van der Waals surface area (Å²) < 4.78 is 12.2. The van der Waals surface area contributed by atoms with Crippen LogP contribution in [0.2, 0.25) is 0 Å². The lowest BCUT2D eigenvalue weighted by atomic mass is 10.1. The van der Waals surface area contributed by atoms with Crippen molar-refractivity contribution in [2.45, 2.75) is 37.1 Å². The third-order valence-electron chi connectivity index (χ3n) is 3.41. The molecule has 0 radical (unpaired) electrons. The third kappa shape index (κ3) is 3.88. The van der Waals surface area contributed by atoms with Gasteiger partial charge >= 0.3 is 0 Å². The van der Waals surface area contributed by atoms with E-state index in [0.29, 0.717) is 5.75 Å². The molecule has 0 aliphatic carbocycles. The van der Waals surface area contributed by atoms with Crippen molar-refractivity contribution in [3.63, 3.8) is 0 Å². The molecular weight excluding hydrogens is 254 g/mol. The molecule has 0 fully saturated rings. The van der Waals surface area contributed by atoms with Crippen molar-refractivity contribution >= 4 is 21.6 Å². The first-order chi connectivity index (χ1) is 9.20. The zero-order valence-corrected chi connectivity index (χ0v) is 12.2. The van der Waals surface area contributed by atoms with Gasteiger partial charge in [-0.3, -0.25) is 4.21 Å². The van der Waals surface area contributed by atoms with Gasteiger partial charge in [0.25, 0.3) is 0 Å². The van der Waals surface area contributed by atoms with E-state index in [1.807, 2.05) is 30.3 Å².